The molecule has 3 fully saturated rings. The predicted molar refractivity (Wildman–Crippen MR) is 125 cm³/mol. The van der Waals surface area contributed by atoms with E-state index in [4.69, 9.17) is 0 Å². The molecule has 0 aromatic heterocycles. The molecule has 1 aliphatic carbocycles. The molecule has 2 aromatic rings. The SMILES string of the molecule is N#CCC1(N2CCC(CNC3CC3c3ccccc3)CC2)CN(C(=O)c2cccc(F)c2)C1. The molecule has 6 heteroatoms. The van der Waals surface area contributed by atoms with Gasteiger partial charge in [-0.1, -0.05) is 36.4 Å². The molecule has 2 atom stereocenters. The van der Waals surface area contributed by atoms with Crippen LogP contribution in [0.3, 0.4) is 0 Å². The van der Waals surface area contributed by atoms with Gasteiger partial charge in [-0.2, -0.15) is 5.26 Å². The van der Waals surface area contributed by atoms with Crippen LogP contribution in [0, 0.1) is 23.1 Å². The van der Waals surface area contributed by atoms with Gasteiger partial charge >= 0.3 is 0 Å². The van der Waals surface area contributed by atoms with Crippen LogP contribution in [0.15, 0.2) is 54.6 Å². The van der Waals surface area contributed by atoms with Gasteiger partial charge in [0.25, 0.3) is 5.91 Å². The van der Waals surface area contributed by atoms with Crippen molar-refractivity contribution in [3.05, 3.63) is 71.5 Å². The Hall–Kier alpha value is -2.75. The third kappa shape index (κ3) is 4.66. The van der Waals surface area contributed by atoms with Crippen LogP contribution in [0.4, 0.5) is 4.39 Å². The number of benzene rings is 2. The molecule has 1 N–H and O–H groups in total. The molecule has 0 radical (unpaired) electrons. The maximum atomic E-state index is 13.5. The van der Waals surface area contributed by atoms with E-state index in [0.29, 0.717) is 43.0 Å². The molecule has 2 saturated heterocycles. The molecule has 0 spiro atoms. The van der Waals surface area contributed by atoms with Crippen molar-refractivity contribution in [3.63, 3.8) is 0 Å². The summed E-state index contributed by atoms with van der Waals surface area (Å²) >= 11 is 0. The van der Waals surface area contributed by atoms with Crippen molar-refractivity contribution < 1.29 is 9.18 Å². The lowest BCUT2D eigenvalue weighted by molar-refractivity contribution is -0.0522. The summed E-state index contributed by atoms with van der Waals surface area (Å²) in [5.74, 6) is 0.755. The van der Waals surface area contributed by atoms with E-state index in [9.17, 15) is 14.4 Å². The largest absolute Gasteiger partial charge is 0.335 e. The average Bonchev–Trinajstić information content (AvgIpc) is 3.60. The van der Waals surface area contributed by atoms with Gasteiger partial charge in [0.15, 0.2) is 0 Å². The van der Waals surface area contributed by atoms with Crippen LogP contribution in [-0.2, 0) is 0 Å². The van der Waals surface area contributed by atoms with Crippen LogP contribution in [0.2, 0.25) is 0 Å². The quantitative estimate of drug-likeness (QED) is 0.703. The first-order valence-corrected chi connectivity index (χ1v) is 12.0. The first-order chi connectivity index (χ1) is 16.1. The van der Waals surface area contributed by atoms with Crippen LogP contribution in [0.5, 0.6) is 0 Å². The average molecular weight is 447 g/mol. The van der Waals surface area contributed by atoms with Crippen molar-refractivity contribution in [1.82, 2.24) is 15.1 Å². The van der Waals surface area contributed by atoms with Crippen molar-refractivity contribution in [3.8, 4) is 6.07 Å². The molecule has 5 nitrogen and oxygen atoms in total. The molecule has 2 heterocycles. The Morgan fingerprint density at radius 1 is 1.12 bits per heavy atom. The van der Waals surface area contributed by atoms with Crippen LogP contribution in [0.1, 0.15) is 47.5 Å². The van der Waals surface area contributed by atoms with Crippen molar-refractivity contribution in [2.75, 3.05) is 32.7 Å². The fourth-order valence-electron chi connectivity index (χ4n) is 5.60. The lowest BCUT2D eigenvalue weighted by Gasteiger charge is -2.56. The minimum atomic E-state index is -0.401. The van der Waals surface area contributed by atoms with Crippen molar-refractivity contribution in [1.29, 1.82) is 5.26 Å². The van der Waals surface area contributed by atoms with Gasteiger partial charge in [0.2, 0.25) is 0 Å². The minimum absolute atomic E-state index is 0.153. The Bertz CT molecular complexity index is 1020. The number of hydrogen-bond donors (Lipinski definition) is 1. The van der Waals surface area contributed by atoms with Crippen molar-refractivity contribution in [2.24, 2.45) is 5.92 Å². The molecule has 1 amide bonds. The zero-order chi connectivity index (χ0) is 22.8. The molecular formula is C27H31FN4O. The number of carbonyl (C=O) groups excluding carboxylic acids is 1. The first kappa shape index (κ1) is 22.1. The number of hydrogen-bond acceptors (Lipinski definition) is 4. The molecule has 3 aliphatic rings. The Labute approximate surface area is 195 Å². The molecule has 172 valence electrons. The second-order valence-electron chi connectivity index (χ2n) is 9.93. The fourth-order valence-corrected chi connectivity index (χ4v) is 5.60. The Kier molecular flexibility index (Phi) is 6.18. The Morgan fingerprint density at radius 2 is 1.88 bits per heavy atom. The maximum absolute atomic E-state index is 13.5. The topological polar surface area (TPSA) is 59.4 Å². The van der Waals surface area contributed by atoms with Crippen LogP contribution in [-0.4, -0.2) is 60.0 Å². The third-order valence-corrected chi connectivity index (χ3v) is 7.71. The molecule has 2 unspecified atom stereocenters. The standard InChI is InChI=1S/C27H31FN4O/c28-23-8-4-7-22(15-23)26(33)31-18-27(19-31,11-12-29)32-13-9-20(10-14-32)17-30-25-16-24(25)21-5-2-1-3-6-21/h1-8,15,20,24-25,30H,9-11,13-14,16-19H2. The second-order valence-corrected chi connectivity index (χ2v) is 9.93. The third-order valence-electron chi connectivity index (χ3n) is 7.71. The van der Waals surface area contributed by atoms with Gasteiger partial charge in [-0.25, -0.2) is 4.39 Å². The smallest absolute Gasteiger partial charge is 0.254 e. The zero-order valence-electron chi connectivity index (χ0n) is 18.9. The summed E-state index contributed by atoms with van der Waals surface area (Å²) in [7, 11) is 0. The van der Waals surface area contributed by atoms with Gasteiger partial charge in [0, 0.05) is 30.6 Å². The number of halogens is 1. The zero-order valence-corrected chi connectivity index (χ0v) is 18.9. The highest BCUT2D eigenvalue weighted by Gasteiger charge is 2.50. The fraction of sp³-hybridized carbons (Fsp3) is 0.481. The summed E-state index contributed by atoms with van der Waals surface area (Å²) in [6.07, 6.45) is 3.87. The van der Waals surface area contributed by atoms with E-state index in [2.05, 4.69) is 46.6 Å². The van der Waals surface area contributed by atoms with Gasteiger partial charge in [-0.05, 0) is 68.6 Å². The van der Waals surface area contributed by atoms with E-state index in [1.165, 1.54) is 24.1 Å². The number of piperidine rings is 1. The van der Waals surface area contributed by atoms with E-state index < -0.39 is 5.82 Å². The van der Waals surface area contributed by atoms with Crippen LogP contribution < -0.4 is 5.32 Å². The number of carbonyl (C=O) groups is 1. The van der Waals surface area contributed by atoms with E-state index in [-0.39, 0.29) is 11.4 Å². The summed E-state index contributed by atoms with van der Waals surface area (Å²) in [6.45, 7) is 4.06. The van der Waals surface area contributed by atoms with Crippen LogP contribution in [0.25, 0.3) is 0 Å². The van der Waals surface area contributed by atoms with Gasteiger partial charge in [-0.3, -0.25) is 9.69 Å². The summed E-state index contributed by atoms with van der Waals surface area (Å²) in [6, 6.07) is 19.5. The molecule has 33 heavy (non-hydrogen) atoms. The number of nitrogens with zero attached hydrogens (tertiary/aromatic N) is 3. The lowest BCUT2D eigenvalue weighted by Crippen LogP contribution is -2.72. The first-order valence-electron chi connectivity index (χ1n) is 12.0. The Balaban J connectivity index is 1.10. The number of amides is 1. The predicted octanol–water partition coefficient (Wildman–Crippen LogP) is 3.79. The molecule has 5 rings (SSSR count). The van der Waals surface area contributed by atoms with Gasteiger partial charge in [0.05, 0.1) is 18.0 Å². The monoisotopic (exact) mass is 446 g/mol. The van der Waals surface area contributed by atoms with Gasteiger partial charge in [0.1, 0.15) is 5.82 Å². The highest BCUT2D eigenvalue weighted by atomic mass is 19.1. The van der Waals surface area contributed by atoms with Crippen molar-refractivity contribution >= 4 is 5.91 Å². The molecule has 2 aliphatic heterocycles. The summed E-state index contributed by atoms with van der Waals surface area (Å²) in [5, 5.41) is 13.2. The highest BCUT2D eigenvalue weighted by molar-refractivity contribution is 5.95. The van der Waals surface area contributed by atoms with E-state index in [1.807, 2.05) is 0 Å². The number of nitriles is 1. The summed E-state index contributed by atoms with van der Waals surface area (Å²) < 4.78 is 13.5. The molecule has 2 aromatic carbocycles. The lowest BCUT2D eigenvalue weighted by atomic mass is 9.81. The second kappa shape index (κ2) is 9.24. The normalized spacial score (nSPS) is 24.7. The maximum Gasteiger partial charge on any atom is 0.254 e. The summed E-state index contributed by atoms with van der Waals surface area (Å²) in [5.41, 5.74) is 1.55. The van der Waals surface area contributed by atoms with Crippen LogP contribution >= 0.6 is 0 Å². The molecule has 1 saturated carbocycles. The minimum Gasteiger partial charge on any atom is -0.335 e. The van der Waals surface area contributed by atoms with E-state index in [1.54, 1.807) is 17.0 Å². The number of rotatable bonds is 7. The Morgan fingerprint density at radius 3 is 2.58 bits per heavy atom. The van der Waals surface area contributed by atoms with E-state index in [0.717, 1.165) is 32.5 Å². The van der Waals surface area contributed by atoms with Gasteiger partial charge < -0.3 is 10.2 Å². The number of likely N-dealkylation sites (tertiary alicyclic amines) is 2. The highest BCUT2D eigenvalue weighted by Crippen LogP contribution is 2.41. The van der Waals surface area contributed by atoms with E-state index >= 15 is 0 Å². The van der Waals surface area contributed by atoms with Crippen molar-refractivity contribution in [2.45, 2.75) is 43.2 Å². The van der Waals surface area contributed by atoms with Gasteiger partial charge in [-0.15, -0.1) is 0 Å². The molecular weight excluding hydrogens is 415 g/mol. The molecule has 0 bridgehead atoms. The number of nitrogens with one attached hydrogen (secondary N) is 1. The summed E-state index contributed by atoms with van der Waals surface area (Å²) in [4.78, 5) is 16.9.